The molecular formula is C23H27FN4O2. The molecule has 3 heterocycles. The molecule has 0 atom stereocenters. The molecule has 2 amide bonds. The lowest BCUT2D eigenvalue weighted by Gasteiger charge is -2.32. The van der Waals surface area contributed by atoms with Gasteiger partial charge < -0.3 is 14.6 Å². The second kappa shape index (κ2) is 8.83. The average molecular weight is 410 g/mol. The molecule has 1 fully saturated rings. The largest absolute Gasteiger partial charge is 0.461 e. The van der Waals surface area contributed by atoms with Crippen LogP contribution in [0.2, 0.25) is 0 Å². The van der Waals surface area contributed by atoms with E-state index in [1.807, 2.05) is 44.2 Å². The highest BCUT2D eigenvalue weighted by Crippen LogP contribution is 2.28. The molecule has 158 valence electrons. The fourth-order valence-corrected chi connectivity index (χ4v) is 3.81. The summed E-state index contributed by atoms with van der Waals surface area (Å²) in [5.74, 6) is 2.27. The standard InChI is InChI=1S/C23H27FN4O2/c1-15-11-21(30-16(15)2)17-3-4-18-14-26-22(13-19(18)12-17)27-23(29)28-9-5-20(6-10-28)25-8-7-24/h3-4,11-14,20,25H,5-10H2,1-2H3,(H,26,27,29). The van der Waals surface area contributed by atoms with Gasteiger partial charge in [0, 0.05) is 42.8 Å². The second-order valence-corrected chi connectivity index (χ2v) is 7.82. The van der Waals surface area contributed by atoms with Crippen molar-refractivity contribution in [3.8, 4) is 11.3 Å². The highest BCUT2D eigenvalue weighted by Gasteiger charge is 2.22. The number of benzene rings is 1. The van der Waals surface area contributed by atoms with Crippen molar-refractivity contribution in [3.05, 3.63) is 47.9 Å². The Morgan fingerprint density at radius 1 is 1.20 bits per heavy atom. The molecule has 0 aliphatic carbocycles. The summed E-state index contributed by atoms with van der Waals surface area (Å²) in [7, 11) is 0. The second-order valence-electron chi connectivity index (χ2n) is 7.82. The van der Waals surface area contributed by atoms with Crippen LogP contribution >= 0.6 is 0 Å². The lowest BCUT2D eigenvalue weighted by atomic mass is 10.1. The van der Waals surface area contributed by atoms with Crippen LogP contribution in [0.3, 0.4) is 0 Å². The van der Waals surface area contributed by atoms with E-state index in [2.05, 4.69) is 15.6 Å². The third-order valence-corrected chi connectivity index (χ3v) is 5.72. The van der Waals surface area contributed by atoms with Crippen molar-refractivity contribution in [3.63, 3.8) is 0 Å². The third-order valence-electron chi connectivity index (χ3n) is 5.72. The van der Waals surface area contributed by atoms with Gasteiger partial charge in [0.1, 0.15) is 24.0 Å². The van der Waals surface area contributed by atoms with Gasteiger partial charge in [0.2, 0.25) is 0 Å². The van der Waals surface area contributed by atoms with E-state index in [4.69, 9.17) is 4.42 Å². The van der Waals surface area contributed by atoms with E-state index in [9.17, 15) is 9.18 Å². The lowest BCUT2D eigenvalue weighted by Crippen LogP contribution is -2.46. The molecule has 1 aliphatic rings. The molecule has 0 spiro atoms. The summed E-state index contributed by atoms with van der Waals surface area (Å²) < 4.78 is 18.1. The van der Waals surface area contributed by atoms with Gasteiger partial charge in [-0.2, -0.15) is 0 Å². The van der Waals surface area contributed by atoms with Crippen LogP contribution in [0.5, 0.6) is 0 Å². The predicted molar refractivity (Wildman–Crippen MR) is 117 cm³/mol. The minimum Gasteiger partial charge on any atom is -0.461 e. The molecule has 6 nitrogen and oxygen atoms in total. The number of furan rings is 1. The van der Waals surface area contributed by atoms with Gasteiger partial charge in [-0.05, 0) is 55.8 Å². The number of aromatic nitrogens is 1. The van der Waals surface area contributed by atoms with Crippen LogP contribution in [-0.4, -0.2) is 48.3 Å². The number of carbonyl (C=O) groups is 1. The van der Waals surface area contributed by atoms with Crippen LogP contribution in [0, 0.1) is 13.8 Å². The Balaban J connectivity index is 1.45. The number of pyridine rings is 1. The number of nitrogens with zero attached hydrogens (tertiary/aromatic N) is 2. The zero-order valence-electron chi connectivity index (χ0n) is 17.4. The average Bonchev–Trinajstić information content (AvgIpc) is 3.10. The van der Waals surface area contributed by atoms with Gasteiger partial charge in [-0.3, -0.25) is 5.32 Å². The number of alkyl halides is 1. The van der Waals surface area contributed by atoms with Crippen LogP contribution < -0.4 is 10.6 Å². The van der Waals surface area contributed by atoms with Crippen molar-refractivity contribution >= 4 is 22.6 Å². The van der Waals surface area contributed by atoms with Gasteiger partial charge >= 0.3 is 6.03 Å². The van der Waals surface area contributed by atoms with Gasteiger partial charge in [-0.15, -0.1) is 0 Å². The quantitative estimate of drug-likeness (QED) is 0.641. The van der Waals surface area contributed by atoms with E-state index < -0.39 is 0 Å². The molecule has 3 aromatic rings. The lowest BCUT2D eigenvalue weighted by molar-refractivity contribution is 0.188. The van der Waals surface area contributed by atoms with Crippen LogP contribution in [0.15, 0.2) is 40.9 Å². The number of likely N-dealkylation sites (tertiary alicyclic amines) is 1. The van der Waals surface area contributed by atoms with Crippen LogP contribution in [-0.2, 0) is 0 Å². The molecule has 1 aliphatic heterocycles. The van der Waals surface area contributed by atoms with Crippen molar-refractivity contribution in [1.82, 2.24) is 15.2 Å². The van der Waals surface area contributed by atoms with Crippen LogP contribution in [0.4, 0.5) is 15.0 Å². The molecule has 4 rings (SSSR count). The van der Waals surface area contributed by atoms with Gasteiger partial charge in [-0.1, -0.05) is 12.1 Å². The van der Waals surface area contributed by atoms with Gasteiger partial charge in [0.05, 0.1) is 0 Å². The Morgan fingerprint density at radius 2 is 2.00 bits per heavy atom. The molecule has 7 heteroatoms. The molecule has 2 N–H and O–H groups in total. The van der Waals surface area contributed by atoms with E-state index in [1.165, 1.54) is 0 Å². The zero-order valence-corrected chi connectivity index (χ0v) is 17.4. The molecule has 0 bridgehead atoms. The Morgan fingerprint density at radius 3 is 2.70 bits per heavy atom. The predicted octanol–water partition coefficient (Wildman–Crippen LogP) is 4.67. The minimum absolute atomic E-state index is 0.153. The zero-order chi connectivity index (χ0) is 21.1. The highest BCUT2D eigenvalue weighted by molar-refractivity contribution is 5.93. The number of amides is 2. The number of urea groups is 1. The summed E-state index contributed by atoms with van der Waals surface area (Å²) in [4.78, 5) is 18.8. The Bertz CT molecular complexity index is 1020. The summed E-state index contributed by atoms with van der Waals surface area (Å²) in [6, 6.07) is 10.1. The maximum atomic E-state index is 12.6. The number of fused-ring (bicyclic) bond motifs is 1. The van der Waals surface area contributed by atoms with Crippen molar-refractivity contribution in [2.45, 2.75) is 32.7 Å². The summed E-state index contributed by atoms with van der Waals surface area (Å²) in [5.41, 5.74) is 2.11. The fraction of sp³-hybridized carbons (Fsp3) is 0.391. The number of hydrogen-bond acceptors (Lipinski definition) is 4. The SMILES string of the molecule is Cc1cc(-c2ccc3cnc(NC(=O)N4CCC(NCCF)CC4)cc3c2)oc1C. The Hall–Kier alpha value is -2.93. The van der Waals surface area contributed by atoms with Crippen LogP contribution in [0.1, 0.15) is 24.2 Å². The number of nitrogens with one attached hydrogen (secondary N) is 2. The molecule has 0 radical (unpaired) electrons. The number of anilines is 1. The van der Waals surface area contributed by atoms with Crippen molar-refractivity contribution < 1.29 is 13.6 Å². The molecule has 30 heavy (non-hydrogen) atoms. The van der Waals surface area contributed by atoms with Gasteiger partial charge in [-0.25, -0.2) is 14.2 Å². The monoisotopic (exact) mass is 410 g/mol. The van der Waals surface area contributed by atoms with E-state index in [-0.39, 0.29) is 18.7 Å². The Kier molecular flexibility index (Phi) is 5.99. The smallest absolute Gasteiger partial charge is 0.323 e. The van der Waals surface area contributed by atoms with Crippen molar-refractivity contribution in [2.75, 3.05) is 31.6 Å². The summed E-state index contributed by atoms with van der Waals surface area (Å²) in [6.07, 6.45) is 3.41. The maximum absolute atomic E-state index is 12.6. The van der Waals surface area contributed by atoms with Crippen molar-refractivity contribution in [1.29, 1.82) is 0 Å². The van der Waals surface area contributed by atoms with Crippen molar-refractivity contribution in [2.24, 2.45) is 0 Å². The number of hydrogen-bond donors (Lipinski definition) is 2. The molecule has 1 saturated heterocycles. The number of piperidine rings is 1. The normalized spacial score (nSPS) is 15.0. The Labute approximate surface area is 175 Å². The number of carbonyl (C=O) groups excluding carboxylic acids is 1. The number of halogens is 1. The molecule has 2 aromatic heterocycles. The minimum atomic E-state index is -0.366. The van der Waals surface area contributed by atoms with Crippen LogP contribution in [0.25, 0.3) is 22.1 Å². The van der Waals surface area contributed by atoms with Gasteiger partial charge in [0.15, 0.2) is 0 Å². The third kappa shape index (κ3) is 4.46. The first kappa shape index (κ1) is 20.3. The summed E-state index contributed by atoms with van der Waals surface area (Å²) in [5, 5.41) is 8.06. The fourth-order valence-electron chi connectivity index (χ4n) is 3.81. The first-order valence-electron chi connectivity index (χ1n) is 10.4. The summed E-state index contributed by atoms with van der Waals surface area (Å²) >= 11 is 0. The molecule has 0 unspecified atom stereocenters. The molecular weight excluding hydrogens is 383 g/mol. The molecule has 1 aromatic carbocycles. The van der Waals surface area contributed by atoms with Gasteiger partial charge in [0.25, 0.3) is 0 Å². The number of rotatable bonds is 5. The topological polar surface area (TPSA) is 70.4 Å². The first-order chi connectivity index (χ1) is 14.5. The highest BCUT2D eigenvalue weighted by atomic mass is 19.1. The van der Waals surface area contributed by atoms with E-state index >= 15 is 0 Å². The molecule has 0 saturated carbocycles. The van der Waals surface area contributed by atoms with E-state index in [0.29, 0.717) is 25.5 Å². The van der Waals surface area contributed by atoms with E-state index in [0.717, 1.165) is 46.3 Å². The number of aryl methyl sites for hydroxylation is 2. The maximum Gasteiger partial charge on any atom is 0.323 e. The summed E-state index contributed by atoms with van der Waals surface area (Å²) in [6.45, 7) is 5.28. The first-order valence-corrected chi connectivity index (χ1v) is 10.4. The van der Waals surface area contributed by atoms with E-state index in [1.54, 1.807) is 11.1 Å².